The highest BCUT2D eigenvalue weighted by atomic mass is 16.6. The second-order valence-electron chi connectivity index (χ2n) is 8.92. The summed E-state index contributed by atoms with van der Waals surface area (Å²) in [6.07, 6.45) is 5.42. The number of carbonyl (C=O) groups excluding carboxylic acids is 1. The fraction of sp³-hybridized carbons (Fsp3) is 0.762. The lowest BCUT2D eigenvalue weighted by Gasteiger charge is -2.58. The highest BCUT2D eigenvalue weighted by Gasteiger charge is 2.81. The van der Waals surface area contributed by atoms with E-state index in [-0.39, 0.29) is 25.4 Å². The molecule has 1 spiro atoms. The molecule has 1 saturated carbocycles. The Bertz CT molecular complexity index is 693. The zero-order chi connectivity index (χ0) is 19.4. The van der Waals surface area contributed by atoms with Crippen LogP contribution in [0.15, 0.2) is 23.3 Å². The molecule has 0 aromatic carbocycles. The van der Waals surface area contributed by atoms with Crippen LogP contribution in [0.4, 0.5) is 0 Å². The summed E-state index contributed by atoms with van der Waals surface area (Å²) in [6.45, 7) is 6.77. The number of allylic oxidation sites excluding steroid dienone is 1. The number of esters is 1. The molecule has 2 aliphatic carbocycles. The third-order valence-corrected chi connectivity index (χ3v) is 7.59. The highest BCUT2D eigenvalue weighted by Crippen LogP contribution is 2.71. The molecule has 2 saturated heterocycles. The Kier molecular flexibility index (Phi) is 4.54. The molecule has 3 fully saturated rings. The molecule has 6 nitrogen and oxygen atoms in total. The number of aliphatic hydroxyl groups is 2. The van der Waals surface area contributed by atoms with Gasteiger partial charge in [-0.25, -0.2) is 4.79 Å². The van der Waals surface area contributed by atoms with Crippen LogP contribution in [-0.2, 0) is 19.0 Å². The Morgan fingerprint density at radius 2 is 2.22 bits per heavy atom. The predicted octanol–water partition coefficient (Wildman–Crippen LogP) is 1.89. The summed E-state index contributed by atoms with van der Waals surface area (Å²) >= 11 is 0. The first kappa shape index (κ1) is 19.1. The van der Waals surface area contributed by atoms with Crippen molar-refractivity contribution < 1.29 is 29.2 Å². The number of fused-ring (bicyclic) bond motifs is 2. The average molecular weight is 378 g/mol. The zero-order valence-corrected chi connectivity index (χ0v) is 16.4. The number of hydrogen-bond acceptors (Lipinski definition) is 6. The summed E-state index contributed by atoms with van der Waals surface area (Å²) in [5, 5.41) is 20.0. The molecule has 2 aliphatic heterocycles. The summed E-state index contributed by atoms with van der Waals surface area (Å²) in [6, 6.07) is 0. The fourth-order valence-corrected chi connectivity index (χ4v) is 5.69. The average Bonchev–Trinajstić information content (AvgIpc) is 3.38. The molecule has 0 aromatic heterocycles. The van der Waals surface area contributed by atoms with Crippen LogP contribution in [0.3, 0.4) is 0 Å². The zero-order valence-electron chi connectivity index (χ0n) is 16.4. The van der Waals surface area contributed by atoms with Crippen LogP contribution in [0.5, 0.6) is 0 Å². The van der Waals surface area contributed by atoms with Crippen molar-refractivity contribution in [3.05, 3.63) is 23.3 Å². The third-order valence-electron chi connectivity index (χ3n) is 7.59. The molecule has 4 aliphatic rings. The van der Waals surface area contributed by atoms with Gasteiger partial charge in [0.05, 0.1) is 24.9 Å². The molecule has 0 radical (unpaired) electrons. The number of rotatable bonds is 5. The van der Waals surface area contributed by atoms with E-state index in [2.05, 4.69) is 19.9 Å². The molecule has 27 heavy (non-hydrogen) atoms. The van der Waals surface area contributed by atoms with Crippen LogP contribution in [-0.4, -0.2) is 59.9 Å². The van der Waals surface area contributed by atoms with Gasteiger partial charge in [-0.1, -0.05) is 24.1 Å². The Balaban J connectivity index is 1.64. The van der Waals surface area contributed by atoms with Crippen molar-refractivity contribution in [2.45, 2.75) is 70.4 Å². The van der Waals surface area contributed by atoms with E-state index in [1.54, 1.807) is 6.92 Å². The van der Waals surface area contributed by atoms with Crippen molar-refractivity contribution in [2.24, 2.45) is 10.8 Å². The molecule has 6 heteroatoms. The molecule has 2 N–H and O–H groups in total. The van der Waals surface area contributed by atoms with Crippen LogP contribution in [0.1, 0.15) is 46.5 Å². The van der Waals surface area contributed by atoms with Gasteiger partial charge in [0.1, 0.15) is 12.2 Å². The van der Waals surface area contributed by atoms with E-state index < -0.39 is 28.5 Å². The van der Waals surface area contributed by atoms with Crippen molar-refractivity contribution in [3.63, 3.8) is 0 Å². The van der Waals surface area contributed by atoms with Gasteiger partial charge in [-0.05, 0) is 33.1 Å². The maximum Gasteiger partial charge on any atom is 0.330 e. The first-order chi connectivity index (χ1) is 12.8. The quantitative estimate of drug-likeness (QED) is 0.329. The molecule has 150 valence electrons. The monoisotopic (exact) mass is 378 g/mol. The molecule has 2 bridgehead atoms. The van der Waals surface area contributed by atoms with Crippen molar-refractivity contribution in [1.29, 1.82) is 0 Å². The SMILES string of the molecule is CC1=CC2OC3C[C@@H](O)C(C)(C34CO4)[C@@]2(COC(=O)/C=C(\C)CCO)CC1. The van der Waals surface area contributed by atoms with Gasteiger partial charge in [0.15, 0.2) is 0 Å². The number of ether oxygens (including phenoxy) is 3. The van der Waals surface area contributed by atoms with Gasteiger partial charge in [-0.15, -0.1) is 0 Å². The summed E-state index contributed by atoms with van der Waals surface area (Å²) in [4.78, 5) is 12.3. The van der Waals surface area contributed by atoms with Crippen LogP contribution in [0.25, 0.3) is 0 Å². The van der Waals surface area contributed by atoms with E-state index >= 15 is 0 Å². The van der Waals surface area contributed by atoms with E-state index in [1.807, 2.05) is 0 Å². The predicted molar refractivity (Wildman–Crippen MR) is 97.9 cm³/mol. The van der Waals surface area contributed by atoms with E-state index in [4.69, 9.17) is 19.3 Å². The van der Waals surface area contributed by atoms with Crippen molar-refractivity contribution >= 4 is 5.97 Å². The number of aliphatic hydroxyl groups excluding tert-OH is 2. The minimum atomic E-state index is -0.549. The molecule has 0 amide bonds. The van der Waals surface area contributed by atoms with Gasteiger partial charge in [-0.2, -0.15) is 0 Å². The molecular formula is C21H30O6. The molecule has 4 unspecified atom stereocenters. The summed E-state index contributed by atoms with van der Waals surface area (Å²) in [7, 11) is 0. The fourth-order valence-electron chi connectivity index (χ4n) is 5.69. The van der Waals surface area contributed by atoms with E-state index in [0.29, 0.717) is 19.4 Å². The highest BCUT2D eigenvalue weighted by molar-refractivity contribution is 5.82. The molecule has 2 heterocycles. The molecule has 6 atom stereocenters. The minimum absolute atomic E-state index is 0.00501. The lowest BCUT2D eigenvalue weighted by Crippen LogP contribution is -2.66. The van der Waals surface area contributed by atoms with Crippen LogP contribution >= 0.6 is 0 Å². The Morgan fingerprint density at radius 1 is 1.48 bits per heavy atom. The van der Waals surface area contributed by atoms with Gasteiger partial charge >= 0.3 is 5.97 Å². The molecule has 0 aromatic rings. The van der Waals surface area contributed by atoms with Gasteiger partial charge in [-0.3, -0.25) is 0 Å². The Morgan fingerprint density at radius 3 is 2.89 bits per heavy atom. The van der Waals surface area contributed by atoms with Gasteiger partial charge in [0.25, 0.3) is 0 Å². The van der Waals surface area contributed by atoms with E-state index in [9.17, 15) is 9.90 Å². The second kappa shape index (κ2) is 6.41. The van der Waals surface area contributed by atoms with Crippen molar-refractivity contribution in [3.8, 4) is 0 Å². The van der Waals surface area contributed by atoms with Crippen molar-refractivity contribution in [2.75, 3.05) is 19.8 Å². The smallest absolute Gasteiger partial charge is 0.330 e. The summed E-state index contributed by atoms with van der Waals surface area (Å²) in [5.41, 5.74) is 0.561. The van der Waals surface area contributed by atoms with Crippen LogP contribution < -0.4 is 0 Å². The lowest BCUT2D eigenvalue weighted by molar-refractivity contribution is -0.229. The first-order valence-corrected chi connectivity index (χ1v) is 9.89. The molecule has 4 rings (SSSR count). The molecular weight excluding hydrogens is 348 g/mol. The van der Waals surface area contributed by atoms with Crippen LogP contribution in [0, 0.1) is 10.8 Å². The second-order valence-corrected chi connectivity index (χ2v) is 8.92. The first-order valence-electron chi connectivity index (χ1n) is 9.89. The lowest BCUT2D eigenvalue weighted by atomic mass is 9.51. The standard InChI is InChI=1S/C21H30O6/c1-13-4-6-20(11-25-18(24)9-14(2)5-7-22)16(8-13)27-17-10-15(23)19(20,3)21(17)12-26-21/h8-9,15-17,22-23H,4-7,10-12H2,1-3H3/b14-9+/t15-,16?,17?,19?,20-,21?/m1/s1. The maximum atomic E-state index is 12.3. The largest absolute Gasteiger partial charge is 0.462 e. The third kappa shape index (κ3) is 2.57. The number of carbonyl (C=O) groups is 1. The van der Waals surface area contributed by atoms with Gasteiger partial charge in [0.2, 0.25) is 0 Å². The van der Waals surface area contributed by atoms with E-state index in [1.165, 1.54) is 11.6 Å². The topological polar surface area (TPSA) is 88.5 Å². The number of epoxide rings is 1. The Hall–Kier alpha value is -1.21. The summed E-state index contributed by atoms with van der Waals surface area (Å²) in [5.74, 6) is -0.413. The van der Waals surface area contributed by atoms with Crippen LogP contribution in [0.2, 0.25) is 0 Å². The van der Waals surface area contributed by atoms with Gasteiger partial charge in [0, 0.05) is 29.9 Å². The Labute approximate surface area is 160 Å². The van der Waals surface area contributed by atoms with Crippen molar-refractivity contribution in [1.82, 2.24) is 0 Å². The van der Waals surface area contributed by atoms with E-state index in [0.717, 1.165) is 18.4 Å². The normalized spacial score (nSPS) is 45.4. The minimum Gasteiger partial charge on any atom is -0.462 e. The maximum absolute atomic E-state index is 12.3. The summed E-state index contributed by atoms with van der Waals surface area (Å²) < 4.78 is 18.0. The van der Waals surface area contributed by atoms with Gasteiger partial charge < -0.3 is 24.4 Å². The number of hydrogen-bond donors (Lipinski definition) is 2.